The van der Waals surface area contributed by atoms with Crippen molar-refractivity contribution in [2.45, 2.75) is 0 Å². The Kier molecular flexibility index (Phi) is 5.19. The van der Waals surface area contributed by atoms with Crippen LogP contribution in [0.2, 0.25) is 0 Å². The van der Waals surface area contributed by atoms with E-state index in [1.54, 1.807) is 42.5 Å². The number of amides is 1. The molecule has 3 aromatic carbocycles. The van der Waals surface area contributed by atoms with Gasteiger partial charge >= 0.3 is 11.3 Å². The fourth-order valence-corrected chi connectivity index (χ4v) is 3.20. The summed E-state index contributed by atoms with van der Waals surface area (Å²) in [6.45, 7) is 0. The maximum atomic E-state index is 12.7. The van der Waals surface area contributed by atoms with E-state index in [2.05, 4.69) is 5.32 Å². The molecular formula is C23H16N2O6. The number of hydrogen-bond acceptors (Lipinski definition) is 6. The molecule has 31 heavy (non-hydrogen) atoms. The molecule has 0 aliphatic carbocycles. The lowest BCUT2D eigenvalue weighted by Gasteiger charge is -2.09. The summed E-state index contributed by atoms with van der Waals surface area (Å²) in [5.74, 6) is -0.389. The molecule has 8 nitrogen and oxygen atoms in total. The molecule has 4 aromatic rings. The SMILES string of the molecule is COc1ccc(NC(=O)c2cccc(-c3cc4ccccc4oc3=O)c2)cc1[N+](=O)[O-]. The van der Waals surface area contributed by atoms with Gasteiger partial charge in [0.25, 0.3) is 5.91 Å². The molecule has 0 aliphatic heterocycles. The molecule has 1 heterocycles. The van der Waals surface area contributed by atoms with Gasteiger partial charge in [-0.1, -0.05) is 30.3 Å². The van der Waals surface area contributed by atoms with Gasteiger partial charge in [0.2, 0.25) is 0 Å². The smallest absolute Gasteiger partial charge is 0.344 e. The van der Waals surface area contributed by atoms with Crippen LogP contribution in [-0.2, 0) is 0 Å². The minimum absolute atomic E-state index is 0.0908. The number of rotatable bonds is 5. The van der Waals surface area contributed by atoms with Gasteiger partial charge in [-0.15, -0.1) is 0 Å². The number of nitro benzene ring substituents is 1. The topological polar surface area (TPSA) is 112 Å². The molecule has 0 saturated heterocycles. The number of ether oxygens (including phenoxy) is 1. The van der Waals surface area contributed by atoms with Gasteiger partial charge < -0.3 is 14.5 Å². The fourth-order valence-electron chi connectivity index (χ4n) is 3.20. The third-order valence-electron chi connectivity index (χ3n) is 4.71. The Balaban J connectivity index is 1.65. The number of fused-ring (bicyclic) bond motifs is 1. The maximum Gasteiger partial charge on any atom is 0.344 e. The Morgan fingerprint density at radius 2 is 1.84 bits per heavy atom. The summed E-state index contributed by atoms with van der Waals surface area (Å²) in [6.07, 6.45) is 0. The number of nitro groups is 1. The normalized spacial score (nSPS) is 10.6. The zero-order valence-corrected chi connectivity index (χ0v) is 16.3. The van der Waals surface area contributed by atoms with Gasteiger partial charge in [0.1, 0.15) is 5.58 Å². The molecule has 0 atom stereocenters. The number of para-hydroxylation sites is 1. The predicted octanol–water partition coefficient (Wildman–Crippen LogP) is 4.63. The third kappa shape index (κ3) is 3.99. The summed E-state index contributed by atoms with van der Waals surface area (Å²) in [5, 5.41) is 14.6. The lowest BCUT2D eigenvalue weighted by Crippen LogP contribution is -2.12. The lowest BCUT2D eigenvalue weighted by atomic mass is 10.0. The zero-order valence-electron chi connectivity index (χ0n) is 16.3. The first kappa shape index (κ1) is 19.8. The first-order valence-electron chi connectivity index (χ1n) is 9.23. The van der Waals surface area contributed by atoms with E-state index in [1.165, 1.54) is 25.3 Å². The van der Waals surface area contributed by atoms with Crippen LogP contribution in [0.5, 0.6) is 5.75 Å². The van der Waals surface area contributed by atoms with Crippen molar-refractivity contribution in [2.24, 2.45) is 0 Å². The average molecular weight is 416 g/mol. The van der Waals surface area contributed by atoms with Crippen LogP contribution in [0.4, 0.5) is 11.4 Å². The molecule has 0 aliphatic rings. The van der Waals surface area contributed by atoms with E-state index >= 15 is 0 Å². The molecule has 1 N–H and O–H groups in total. The number of nitrogens with zero attached hydrogens (tertiary/aromatic N) is 1. The van der Waals surface area contributed by atoms with Crippen LogP contribution < -0.4 is 15.7 Å². The third-order valence-corrected chi connectivity index (χ3v) is 4.71. The first-order chi connectivity index (χ1) is 15.0. The highest BCUT2D eigenvalue weighted by Crippen LogP contribution is 2.30. The second-order valence-electron chi connectivity index (χ2n) is 6.66. The highest BCUT2D eigenvalue weighted by molar-refractivity contribution is 6.05. The lowest BCUT2D eigenvalue weighted by molar-refractivity contribution is -0.385. The van der Waals surface area contributed by atoms with E-state index in [1.807, 2.05) is 12.1 Å². The molecule has 0 radical (unpaired) electrons. The van der Waals surface area contributed by atoms with Crippen molar-refractivity contribution >= 4 is 28.3 Å². The Morgan fingerprint density at radius 3 is 2.61 bits per heavy atom. The summed E-state index contributed by atoms with van der Waals surface area (Å²) in [4.78, 5) is 35.7. The van der Waals surface area contributed by atoms with Crippen LogP contribution in [0.1, 0.15) is 10.4 Å². The van der Waals surface area contributed by atoms with E-state index in [0.717, 1.165) is 5.39 Å². The quantitative estimate of drug-likeness (QED) is 0.288. The Bertz CT molecular complexity index is 1380. The Labute approximate surface area is 175 Å². The Hall–Kier alpha value is -4.46. The van der Waals surface area contributed by atoms with Crippen LogP contribution >= 0.6 is 0 Å². The number of anilines is 1. The van der Waals surface area contributed by atoms with E-state index in [-0.39, 0.29) is 22.7 Å². The van der Waals surface area contributed by atoms with Gasteiger partial charge in [0.05, 0.1) is 17.6 Å². The number of carbonyl (C=O) groups excluding carboxylic acids is 1. The van der Waals surface area contributed by atoms with Crippen molar-refractivity contribution in [3.63, 3.8) is 0 Å². The van der Waals surface area contributed by atoms with Gasteiger partial charge in [0, 0.05) is 22.7 Å². The van der Waals surface area contributed by atoms with Gasteiger partial charge in [-0.3, -0.25) is 14.9 Å². The average Bonchev–Trinajstić information content (AvgIpc) is 2.78. The minimum atomic E-state index is -0.589. The van der Waals surface area contributed by atoms with Gasteiger partial charge in [-0.05, 0) is 42.0 Å². The minimum Gasteiger partial charge on any atom is -0.490 e. The second-order valence-corrected chi connectivity index (χ2v) is 6.66. The van der Waals surface area contributed by atoms with Crippen molar-refractivity contribution < 1.29 is 18.9 Å². The number of methoxy groups -OCH3 is 1. The van der Waals surface area contributed by atoms with Crippen molar-refractivity contribution in [1.29, 1.82) is 0 Å². The highest BCUT2D eigenvalue weighted by atomic mass is 16.6. The molecule has 1 amide bonds. The monoisotopic (exact) mass is 416 g/mol. The van der Waals surface area contributed by atoms with Crippen molar-refractivity contribution in [2.75, 3.05) is 12.4 Å². The largest absolute Gasteiger partial charge is 0.490 e. The Morgan fingerprint density at radius 1 is 1.03 bits per heavy atom. The molecule has 154 valence electrons. The summed E-state index contributed by atoms with van der Waals surface area (Å²) in [5.41, 5.74) is 1.08. The summed E-state index contributed by atoms with van der Waals surface area (Å²) < 4.78 is 10.3. The molecule has 1 aromatic heterocycles. The highest BCUT2D eigenvalue weighted by Gasteiger charge is 2.17. The summed E-state index contributed by atoms with van der Waals surface area (Å²) >= 11 is 0. The molecule has 8 heteroatoms. The van der Waals surface area contributed by atoms with E-state index < -0.39 is 16.5 Å². The standard InChI is InChI=1S/C23H16N2O6/c1-30-21-10-9-17(13-19(21)25(28)29)24-22(26)16-7-4-6-14(11-16)18-12-15-5-2-3-8-20(15)31-23(18)27/h2-13H,1H3,(H,24,26). The van der Waals surface area contributed by atoms with Crippen LogP contribution in [0.25, 0.3) is 22.1 Å². The van der Waals surface area contributed by atoms with Crippen LogP contribution in [0.3, 0.4) is 0 Å². The molecule has 0 fully saturated rings. The maximum absolute atomic E-state index is 12.7. The van der Waals surface area contributed by atoms with Crippen LogP contribution in [-0.4, -0.2) is 17.9 Å². The fraction of sp³-hybridized carbons (Fsp3) is 0.0435. The molecule has 4 rings (SSSR count). The van der Waals surface area contributed by atoms with E-state index in [9.17, 15) is 19.7 Å². The number of benzene rings is 3. The van der Waals surface area contributed by atoms with Gasteiger partial charge in [0.15, 0.2) is 5.75 Å². The van der Waals surface area contributed by atoms with Crippen LogP contribution in [0.15, 0.2) is 82.0 Å². The van der Waals surface area contributed by atoms with Crippen molar-refractivity contribution in [3.05, 3.63) is 98.9 Å². The van der Waals surface area contributed by atoms with E-state index in [4.69, 9.17) is 9.15 Å². The number of nitrogens with one attached hydrogen (secondary N) is 1. The number of hydrogen-bond donors (Lipinski definition) is 1. The second kappa shape index (κ2) is 8.11. The molecular weight excluding hydrogens is 400 g/mol. The van der Waals surface area contributed by atoms with E-state index in [0.29, 0.717) is 16.7 Å². The first-order valence-corrected chi connectivity index (χ1v) is 9.23. The molecule has 0 saturated carbocycles. The zero-order chi connectivity index (χ0) is 22.0. The van der Waals surface area contributed by atoms with Crippen molar-refractivity contribution in [3.8, 4) is 16.9 Å². The molecule has 0 unspecified atom stereocenters. The number of carbonyl (C=O) groups is 1. The van der Waals surface area contributed by atoms with Crippen molar-refractivity contribution in [1.82, 2.24) is 0 Å². The summed E-state index contributed by atoms with van der Waals surface area (Å²) in [7, 11) is 1.33. The molecule has 0 spiro atoms. The van der Waals surface area contributed by atoms with Gasteiger partial charge in [-0.2, -0.15) is 0 Å². The molecule has 0 bridgehead atoms. The summed E-state index contributed by atoms with van der Waals surface area (Å²) in [6, 6.07) is 19.5. The van der Waals surface area contributed by atoms with Crippen LogP contribution in [0, 0.1) is 10.1 Å². The predicted molar refractivity (Wildman–Crippen MR) is 116 cm³/mol. The van der Waals surface area contributed by atoms with Gasteiger partial charge in [-0.25, -0.2) is 4.79 Å².